The van der Waals surface area contributed by atoms with E-state index in [1.807, 2.05) is 13.8 Å². The lowest BCUT2D eigenvalue weighted by Crippen LogP contribution is -2.23. The molecule has 0 radical (unpaired) electrons. The second-order valence-electron chi connectivity index (χ2n) is 6.72. The van der Waals surface area contributed by atoms with Crippen molar-refractivity contribution in [3.63, 3.8) is 0 Å². The number of ketones is 2. The van der Waals surface area contributed by atoms with E-state index in [0.717, 1.165) is 11.1 Å². The summed E-state index contributed by atoms with van der Waals surface area (Å²) in [5, 5.41) is 0. The second-order valence-corrected chi connectivity index (χ2v) is 8.29. The first-order valence-corrected chi connectivity index (χ1v) is 10.1. The molecule has 6 heteroatoms. The highest BCUT2D eigenvalue weighted by molar-refractivity contribution is 7.94. The van der Waals surface area contributed by atoms with E-state index in [1.54, 1.807) is 36.4 Å². The Morgan fingerprint density at radius 3 is 2.04 bits per heavy atom. The standard InChI is InChI=1S/C22H16NO4S/c1-13-10-11-15(12-14(13)2)23-28(26,27)19-9-5-8-18-20(19)22(25)17-7-4-3-6-16(17)21(18)24/h3-12H,1-2H3/q-1. The molecule has 0 aromatic heterocycles. The monoisotopic (exact) mass is 390 g/mol. The van der Waals surface area contributed by atoms with Crippen LogP contribution in [-0.2, 0) is 10.0 Å². The maximum atomic E-state index is 13.0. The fraction of sp³-hybridized carbons (Fsp3) is 0.0909. The summed E-state index contributed by atoms with van der Waals surface area (Å²) >= 11 is 0. The van der Waals surface area contributed by atoms with Crippen LogP contribution in [-0.4, -0.2) is 20.0 Å². The molecule has 0 bridgehead atoms. The Morgan fingerprint density at radius 1 is 0.714 bits per heavy atom. The SMILES string of the molecule is Cc1ccc([N-]S(=O)(=O)c2cccc3c2C(=O)c2ccccc2C3=O)cc1C. The molecule has 0 N–H and O–H groups in total. The first-order valence-electron chi connectivity index (χ1n) is 8.66. The van der Waals surface area contributed by atoms with Crippen LogP contribution in [0.5, 0.6) is 0 Å². The van der Waals surface area contributed by atoms with Gasteiger partial charge in [0.05, 0.1) is 10.5 Å². The first-order chi connectivity index (χ1) is 13.3. The summed E-state index contributed by atoms with van der Waals surface area (Å²) in [6, 6.07) is 15.7. The zero-order valence-corrected chi connectivity index (χ0v) is 16.1. The number of carbonyl (C=O) groups excluding carboxylic acids is 2. The van der Waals surface area contributed by atoms with Gasteiger partial charge in [-0.25, -0.2) is 8.42 Å². The average molecular weight is 390 g/mol. The summed E-state index contributed by atoms with van der Waals surface area (Å²) in [6.45, 7) is 3.79. The van der Waals surface area contributed by atoms with E-state index in [0.29, 0.717) is 0 Å². The first kappa shape index (κ1) is 18.1. The van der Waals surface area contributed by atoms with Crippen molar-refractivity contribution in [1.82, 2.24) is 0 Å². The van der Waals surface area contributed by atoms with Crippen molar-refractivity contribution in [2.24, 2.45) is 0 Å². The molecule has 140 valence electrons. The normalized spacial score (nSPS) is 13.1. The summed E-state index contributed by atoms with van der Waals surface area (Å²) in [5.41, 5.74) is 2.65. The quantitative estimate of drug-likeness (QED) is 0.517. The van der Waals surface area contributed by atoms with Gasteiger partial charge in [0.1, 0.15) is 10.0 Å². The fourth-order valence-corrected chi connectivity index (χ4v) is 4.50. The molecule has 0 saturated heterocycles. The Balaban J connectivity index is 1.85. The lowest BCUT2D eigenvalue weighted by molar-refractivity contribution is 0.0976. The van der Waals surface area contributed by atoms with E-state index in [1.165, 1.54) is 24.3 Å². The molecule has 0 spiro atoms. The highest BCUT2D eigenvalue weighted by Gasteiger charge is 2.32. The van der Waals surface area contributed by atoms with Crippen molar-refractivity contribution in [3.05, 3.63) is 98.8 Å². The topological polar surface area (TPSA) is 82.4 Å². The van der Waals surface area contributed by atoms with Crippen LogP contribution in [0.15, 0.2) is 65.6 Å². The molecule has 0 atom stereocenters. The molecule has 3 aromatic carbocycles. The lowest BCUT2D eigenvalue weighted by Gasteiger charge is -2.26. The number of sulfonamides is 1. The van der Waals surface area contributed by atoms with E-state index in [-0.39, 0.29) is 38.6 Å². The Labute approximate surface area is 163 Å². The Bertz CT molecular complexity index is 1260. The van der Waals surface area contributed by atoms with E-state index < -0.39 is 15.8 Å². The fourth-order valence-electron chi connectivity index (χ4n) is 3.30. The smallest absolute Gasteiger partial charge is 0.195 e. The highest BCUT2D eigenvalue weighted by atomic mass is 32.2. The van der Waals surface area contributed by atoms with Crippen molar-refractivity contribution in [2.45, 2.75) is 18.7 Å². The number of hydrogen-bond donors (Lipinski definition) is 0. The van der Waals surface area contributed by atoms with Gasteiger partial charge in [0.2, 0.25) is 0 Å². The molecule has 0 amide bonds. The molecule has 4 rings (SSSR count). The van der Waals surface area contributed by atoms with Gasteiger partial charge in [-0.1, -0.05) is 54.6 Å². The maximum Gasteiger partial charge on any atom is 0.195 e. The van der Waals surface area contributed by atoms with Crippen LogP contribution in [0.25, 0.3) is 4.72 Å². The maximum absolute atomic E-state index is 13.0. The predicted molar refractivity (Wildman–Crippen MR) is 106 cm³/mol. The number of nitrogens with zero attached hydrogens (tertiary/aromatic N) is 1. The van der Waals surface area contributed by atoms with Crippen LogP contribution >= 0.6 is 0 Å². The predicted octanol–water partition coefficient (Wildman–Crippen LogP) is 4.47. The van der Waals surface area contributed by atoms with Gasteiger partial charge >= 0.3 is 0 Å². The van der Waals surface area contributed by atoms with Gasteiger partial charge in [0.15, 0.2) is 11.6 Å². The van der Waals surface area contributed by atoms with Gasteiger partial charge in [-0.15, -0.1) is 5.69 Å². The van der Waals surface area contributed by atoms with Gasteiger partial charge in [-0.3, -0.25) is 9.59 Å². The van der Waals surface area contributed by atoms with Crippen LogP contribution in [0.1, 0.15) is 43.0 Å². The minimum absolute atomic E-state index is 0.0834. The van der Waals surface area contributed by atoms with Crippen LogP contribution in [0.3, 0.4) is 0 Å². The second kappa shape index (κ2) is 6.42. The number of carbonyl (C=O) groups is 2. The molecule has 1 aliphatic rings. The van der Waals surface area contributed by atoms with Gasteiger partial charge in [0, 0.05) is 16.7 Å². The van der Waals surface area contributed by atoms with E-state index in [9.17, 15) is 18.0 Å². The van der Waals surface area contributed by atoms with Crippen molar-refractivity contribution in [3.8, 4) is 0 Å². The van der Waals surface area contributed by atoms with Gasteiger partial charge in [0.25, 0.3) is 0 Å². The van der Waals surface area contributed by atoms with Crippen molar-refractivity contribution >= 4 is 27.3 Å². The molecule has 0 unspecified atom stereocenters. The number of benzene rings is 3. The molecule has 5 nitrogen and oxygen atoms in total. The summed E-state index contributed by atoms with van der Waals surface area (Å²) in [6.07, 6.45) is 0. The van der Waals surface area contributed by atoms with Crippen LogP contribution < -0.4 is 0 Å². The number of fused-ring (bicyclic) bond motifs is 2. The van der Waals surface area contributed by atoms with E-state index in [4.69, 9.17) is 0 Å². The minimum Gasteiger partial charge on any atom is -0.573 e. The van der Waals surface area contributed by atoms with Crippen LogP contribution in [0.4, 0.5) is 5.69 Å². The average Bonchev–Trinajstić information content (AvgIpc) is 2.68. The summed E-state index contributed by atoms with van der Waals surface area (Å²) in [4.78, 5) is 25.6. The van der Waals surface area contributed by atoms with Crippen molar-refractivity contribution in [1.29, 1.82) is 0 Å². The van der Waals surface area contributed by atoms with Crippen molar-refractivity contribution in [2.75, 3.05) is 0 Å². The van der Waals surface area contributed by atoms with E-state index in [2.05, 4.69) is 4.72 Å². The lowest BCUT2D eigenvalue weighted by atomic mass is 9.84. The largest absolute Gasteiger partial charge is 0.573 e. The molecule has 3 aromatic rings. The molecule has 1 aliphatic carbocycles. The van der Waals surface area contributed by atoms with Gasteiger partial charge in [-0.05, 0) is 31.0 Å². The number of hydrogen-bond acceptors (Lipinski definition) is 4. The third kappa shape index (κ3) is 2.82. The molecular formula is C22H16NO4S-. The third-order valence-corrected chi connectivity index (χ3v) is 6.26. The van der Waals surface area contributed by atoms with Crippen LogP contribution in [0.2, 0.25) is 0 Å². The molecular weight excluding hydrogens is 374 g/mol. The van der Waals surface area contributed by atoms with Gasteiger partial charge in [-0.2, -0.15) is 0 Å². The summed E-state index contributed by atoms with van der Waals surface area (Å²) < 4.78 is 29.9. The molecule has 0 aliphatic heterocycles. The van der Waals surface area contributed by atoms with Crippen LogP contribution in [0, 0.1) is 13.8 Å². The molecule has 0 saturated carbocycles. The number of aryl methyl sites for hydroxylation is 2. The third-order valence-electron chi connectivity index (χ3n) is 4.91. The molecule has 0 fully saturated rings. The van der Waals surface area contributed by atoms with Crippen molar-refractivity contribution < 1.29 is 18.0 Å². The summed E-state index contributed by atoms with van der Waals surface area (Å²) in [5.74, 6) is -0.854. The molecule has 28 heavy (non-hydrogen) atoms. The minimum atomic E-state index is -4.19. The summed E-state index contributed by atoms with van der Waals surface area (Å²) in [7, 11) is -4.19. The van der Waals surface area contributed by atoms with Gasteiger partial charge < -0.3 is 4.72 Å². The Morgan fingerprint density at radius 2 is 1.36 bits per heavy atom. The zero-order valence-electron chi connectivity index (χ0n) is 15.3. The Kier molecular flexibility index (Phi) is 4.16. The Hall–Kier alpha value is -3.25. The number of rotatable bonds is 3. The van der Waals surface area contributed by atoms with E-state index >= 15 is 0 Å². The highest BCUT2D eigenvalue weighted by Crippen LogP contribution is 2.36. The zero-order chi connectivity index (χ0) is 20.1. The molecule has 0 heterocycles.